The summed E-state index contributed by atoms with van der Waals surface area (Å²) < 4.78 is 32.6. The number of nitrogens with one attached hydrogen (secondary N) is 1. The lowest BCUT2D eigenvalue weighted by Gasteiger charge is -2.33. The Morgan fingerprint density at radius 2 is 1.43 bits per heavy atom. The van der Waals surface area contributed by atoms with E-state index in [4.69, 9.17) is 4.74 Å². The number of ether oxygens (including phenoxy) is 1. The van der Waals surface area contributed by atoms with Crippen molar-refractivity contribution >= 4 is 27.5 Å². The predicted octanol–water partition coefficient (Wildman–Crippen LogP) is 5.01. The highest BCUT2D eigenvalue weighted by atomic mass is 32.2. The molecule has 40 heavy (non-hydrogen) atoms. The van der Waals surface area contributed by atoms with Gasteiger partial charge in [-0.15, -0.1) is 0 Å². The van der Waals surface area contributed by atoms with Crippen LogP contribution in [-0.2, 0) is 26.0 Å². The van der Waals surface area contributed by atoms with E-state index in [-0.39, 0.29) is 18.5 Å². The standard InChI is InChI=1S/C31H39N3O5S/c1-5-24(3)32-31(36)29(6-2)33(22-21-25-13-9-7-10-14-25)30(35)23-34(40(4,37)38)26-17-19-28(20-18-26)39-27-15-11-8-12-16-27/h7-20,24,29H,5-6,21-23H2,1-4H3,(H,32,36). The van der Waals surface area contributed by atoms with E-state index in [0.717, 1.165) is 22.5 Å². The van der Waals surface area contributed by atoms with Crippen LogP contribution in [0.3, 0.4) is 0 Å². The Bertz CT molecular complexity index is 1330. The van der Waals surface area contributed by atoms with Gasteiger partial charge in [-0.3, -0.25) is 13.9 Å². The van der Waals surface area contributed by atoms with Gasteiger partial charge in [0.15, 0.2) is 0 Å². The molecule has 2 amide bonds. The van der Waals surface area contributed by atoms with Gasteiger partial charge in [-0.1, -0.05) is 62.4 Å². The maximum Gasteiger partial charge on any atom is 0.244 e. The lowest BCUT2D eigenvalue weighted by atomic mass is 10.1. The van der Waals surface area contributed by atoms with Crippen LogP contribution in [0.2, 0.25) is 0 Å². The second-order valence-corrected chi connectivity index (χ2v) is 11.7. The Morgan fingerprint density at radius 1 is 0.850 bits per heavy atom. The molecule has 0 radical (unpaired) electrons. The number of amides is 2. The van der Waals surface area contributed by atoms with Gasteiger partial charge < -0.3 is 15.0 Å². The topological polar surface area (TPSA) is 96.0 Å². The number of rotatable bonds is 14. The molecule has 3 aromatic rings. The molecule has 0 heterocycles. The maximum absolute atomic E-state index is 13.8. The smallest absolute Gasteiger partial charge is 0.244 e. The van der Waals surface area contributed by atoms with Crippen LogP contribution in [0.1, 0.15) is 39.2 Å². The Balaban J connectivity index is 1.85. The first-order chi connectivity index (χ1) is 19.1. The second-order valence-electron chi connectivity index (χ2n) is 9.74. The normalized spacial score (nSPS) is 12.7. The van der Waals surface area contributed by atoms with Crippen molar-refractivity contribution in [1.82, 2.24) is 10.2 Å². The Morgan fingerprint density at radius 3 is 1.98 bits per heavy atom. The molecule has 0 fully saturated rings. The highest BCUT2D eigenvalue weighted by Gasteiger charge is 2.31. The minimum atomic E-state index is -3.82. The zero-order valence-electron chi connectivity index (χ0n) is 23.6. The molecule has 2 atom stereocenters. The summed E-state index contributed by atoms with van der Waals surface area (Å²) in [4.78, 5) is 28.5. The summed E-state index contributed by atoms with van der Waals surface area (Å²) in [6.45, 7) is 5.58. The maximum atomic E-state index is 13.8. The molecule has 8 nitrogen and oxygen atoms in total. The predicted molar refractivity (Wildman–Crippen MR) is 159 cm³/mol. The highest BCUT2D eigenvalue weighted by Crippen LogP contribution is 2.26. The first-order valence-electron chi connectivity index (χ1n) is 13.6. The van der Waals surface area contributed by atoms with Crippen molar-refractivity contribution < 1.29 is 22.7 Å². The summed E-state index contributed by atoms with van der Waals surface area (Å²) in [5.74, 6) is 0.497. The van der Waals surface area contributed by atoms with Crippen LogP contribution >= 0.6 is 0 Å². The number of nitrogens with zero attached hydrogens (tertiary/aromatic N) is 2. The fraction of sp³-hybridized carbons (Fsp3) is 0.355. The fourth-order valence-electron chi connectivity index (χ4n) is 4.26. The largest absolute Gasteiger partial charge is 0.457 e. The highest BCUT2D eigenvalue weighted by molar-refractivity contribution is 7.92. The van der Waals surface area contributed by atoms with Gasteiger partial charge in [0.25, 0.3) is 0 Å². The molecule has 3 rings (SSSR count). The number of hydrogen-bond acceptors (Lipinski definition) is 5. The van der Waals surface area contributed by atoms with Crippen LogP contribution in [-0.4, -0.2) is 56.6 Å². The quantitative estimate of drug-likeness (QED) is 0.297. The van der Waals surface area contributed by atoms with E-state index in [1.54, 1.807) is 24.3 Å². The SMILES string of the molecule is CCC(C)NC(=O)C(CC)N(CCc1ccccc1)C(=O)CN(c1ccc(Oc2ccccc2)cc1)S(C)(=O)=O. The van der Waals surface area contributed by atoms with Crippen molar-refractivity contribution in [1.29, 1.82) is 0 Å². The molecule has 1 N–H and O–H groups in total. The van der Waals surface area contributed by atoms with Gasteiger partial charge in [0, 0.05) is 12.6 Å². The van der Waals surface area contributed by atoms with Gasteiger partial charge in [0.1, 0.15) is 24.1 Å². The number of carbonyl (C=O) groups is 2. The number of para-hydroxylation sites is 1. The van der Waals surface area contributed by atoms with Crippen LogP contribution in [0, 0.1) is 0 Å². The zero-order valence-corrected chi connectivity index (χ0v) is 24.4. The molecule has 0 saturated carbocycles. The van der Waals surface area contributed by atoms with Crippen LogP contribution in [0.4, 0.5) is 5.69 Å². The van der Waals surface area contributed by atoms with E-state index in [0.29, 0.717) is 30.0 Å². The third-order valence-electron chi connectivity index (χ3n) is 6.65. The molecule has 0 aromatic heterocycles. The molecule has 0 aliphatic rings. The molecule has 0 aliphatic heterocycles. The van der Waals surface area contributed by atoms with E-state index in [2.05, 4.69) is 5.32 Å². The lowest BCUT2D eigenvalue weighted by molar-refractivity contribution is -0.139. The van der Waals surface area contributed by atoms with Crippen molar-refractivity contribution in [3.63, 3.8) is 0 Å². The van der Waals surface area contributed by atoms with Crippen molar-refractivity contribution in [2.24, 2.45) is 0 Å². The van der Waals surface area contributed by atoms with Crippen LogP contribution < -0.4 is 14.4 Å². The number of benzene rings is 3. The molecule has 0 aliphatic carbocycles. The summed E-state index contributed by atoms with van der Waals surface area (Å²) in [5.41, 5.74) is 1.35. The monoisotopic (exact) mass is 565 g/mol. The van der Waals surface area contributed by atoms with Crippen molar-refractivity contribution in [3.8, 4) is 11.5 Å². The van der Waals surface area contributed by atoms with E-state index < -0.39 is 28.5 Å². The lowest BCUT2D eigenvalue weighted by Crippen LogP contribution is -2.54. The molecule has 9 heteroatoms. The van der Waals surface area contributed by atoms with Crippen molar-refractivity contribution in [3.05, 3.63) is 90.5 Å². The van der Waals surface area contributed by atoms with Gasteiger partial charge >= 0.3 is 0 Å². The Labute approximate surface area is 238 Å². The number of anilines is 1. The minimum Gasteiger partial charge on any atom is -0.457 e. The van der Waals surface area contributed by atoms with Gasteiger partial charge in [0.2, 0.25) is 21.8 Å². The fourth-order valence-corrected chi connectivity index (χ4v) is 5.11. The summed E-state index contributed by atoms with van der Waals surface area (Å²) in [6.07, 6.45) is 2.75. The van der Waals surface area contributed by atoms with E-state index in [1.807, 2.05) is 81.4 Å². The first-order valence-corrected chi connectivity index (χ1v) is 15.4. The average molecular weight is 566 g/mol. The molecular formula is C31H39N3O5S. The summed E-state index contributed by atoms with van der Waals surface area (Å²) >= 11 is 0. The zero-order chi connectivity index (χ0) is 29.1. The van der Waals surface area contributed by atoms with Gasteiger partial charge in [-0.05, 0) is 68.1 Å². The number of hydrogen-bond donors (Lipinski definition) is 1. The summed E-state index contributed by atoms with van der Waals surface area (Å²) in [5, 5.41) is 2.98. The molecular weight excluding hydrogens is 526 g/mol. The third kappa shape index (κ3) is 8.84. The second kappa shape index (κ2) is 14.5. The average Bonchev–Trinajstić information content (AvgIpc) is 2.94. The van der Waals surface area contributed by atoms with Gasteiger partial charge in [-0.2, -0.15) is 0 Å². The molecule has 0 saturated heterocycles. The molecule has 0 spiro atoms. The van der Waals surface area contributed by atoms with E-state index in [9.17, 15) is 18.0 Å². The minimum absolute atomic E-state index is 0.0447. The molecule has 3 aromatic carbocycles. The summed E-state index contributed by atoms with van der Waals surface area (Å²) in [7, 11) is -3.82. The van der Waals surface area contributed by atoms with E-state index >= 15 is 0 Å². The Hall–Kier alpha value is -3.85. The molecule has 2 unspecified atom stereocenters. The number of carbonyl (C=O) groups excluding carboxylic acids is 2. The van der Waals surface area contributed by atoms with E-state index in [1.165, 1.54) is 4.90 Å². The molecule has 214 valence electrons. The third-order valence-corrected chi connectivity index (χ3v) is 7.79. The summed E-state index contributed by atoms with van der Waals surface area (Å²) in [6, 6.07) is 24.7. The van der Waals surface area contributed by atoms with Crippen molar-refractivity contribution in [2.45, 2.75) is 52.1 Å². The van der Waals surface area contributed by atoms with Crippen molar-refractivity contribution in [2.75, 3.05) is 23.7 Å². The van der Waals surface area contributed by atoms with Crippen LogP contribution in [0.25, 0.3) is 0 Å². The van der Waals surface area contributed by atoms with Gasteiger partial charge in [0.05, 0.1) is 11.9 Å². The Kier molecular flexibility index (Phi) is 11.1. The first kappa shape index (κ1) is 30.7. The number of sulfonamides is 1. The molecule has 0 bridgehead atoms. The van der Waals surface area contributed by atoms with Crippen LogP contribution in [0.15, 0.2) is 84.9 Å². The van der Waals surface area contributed by atoms with Crippen LogP contribution in [0.5, 0.6) is 11.5 Å². The van der Waals surface area contributed by atoms with Gasteiger partial charge in [-0.25, -0.2) is 8.42 Å².